The highest BCUT2D eigenvalue weighted by Gasteiger charge is 2.22. The number of allylic oxidation sites excluding steroid dienone is 2. The number of amides is 2. The first-order chi connectivity index (χ1) is 13.3. The van der Waals surface area contributed by atoms with Crippen LogP contribution in [0.15, 0.2) is 42.1 Å². The molecule has 2 amide bonds. The molecule has 1 aromatic carbocycles. The molecule has 1 heterocycles. The highest BCUT2D eigenvalue weighted by atomic mass is 16.6. The summed E-state index contributed by atoms with van der Waals surface area (Å²) in [4.78, 5) is 36.5. The third-order valence-corrected chi connectivity index (χ3v) is 3.92. The van der Waals surface area contributed by atoms with Crippen LogP contribution in [0.2, 0.25) is 0 Å². The topological polar surface area (TPSA) is 148 Å². The predicted octanol–water partition coefficient (Wildman–Crippen LogP) is 0.279. The number of carbonyl (C=O) groups is 3. The first kappa shape index (κ1) is 20.6. The largest absolute Gasteiger partial charge is 0.504 e. The molecular formula is C18H21N3O7. The summed E-state index contributed by atoms with van der Waals surface area (Å²) in [6.45, 7) is 0.0571. The number of carboxylic acids is 1. The van der Waals surface area contributed by atoms with E-state index in [1.165, 1.54) is 25.2 Å². The number of aliphatic carboxylic acids is 1. The lowest BCUT2D eigenvalue weighted by molar-refractivity contribution is -0.139. The first-order valence-corrected chi connectivity index (χ1v) is 8.30. The zero-order valence-electron chi connectivity index (χ0n) is 15.1. The van der Waals surface area contributed by atoms with Gasteiger partial charge in [0.25, 0.3) is 0 Å². The molecule has 1 atom stereocenters. The van der Waals surface area contributed by atoms with Gasteiger partial charge in [-0.25, -0.2) is 9.59 Å². The van der Waals surface area contributed by atoms with Gasteiger partial charge >= 0.3 is 12.1 Å². The molecule has 150 valence electrons. The number of benzene rings is 1. The molecule has 28 heavy (non-hydrogen) atoms. The number of rotatable bonds is 7. The molecule has 0 spiro atoms. The monoisotopic (exact) mass is 391 g/mol. The minimum Gasteiger partial charge on any atom is -0.504 e. The second-order valence-corrected chi connectivity index (χ2v) is 5.98. The summed E-state index contributed by atoms with van der Waals surface area (Å²) in [6.07, 6.45) is 3.84. The standard InChI is InChI=1S/C18H21N3O7/c1-19-16(24)12-3-2-6-21(9-12)10-28-18(27)20-13(17(25)26)7-11-4-5-14(22)15(23)8-11/h2-6,8,13,22-23H,7,9-10H2,1H3,(H,19,24)(H,20,27)(H,25,26). The van der Waals surface area contributed by atoms with Gasteiger partial charge in [0.2, 0.25) is 5.91 Å². The molecule has 1 unspecified atom stereocenters. The second kappa shape index (κ2) is 9.31. The molecule has 5 N–H and O–H groups in total. The lowest BCUT2D eigenvalue weighted by Crippen LogP contribution is -2.43. The number of likely N-dealkylation sites (N-methyl/N-ethyl adjacent to an activating group) is 1. The number of alkyl carbamates (subject to hydrolysis) is 1. The van der Waals surface area contributed by atoms with Gasteiger partial charge in [-0.3, -0.25) is 4.79 Å². The molecule has 0 radical (unpaired) electrons. The fourth-order valence-corrected chi connectivity index (χ4v) is 2.46. The number of aromatic hydroxyl groups is 2. The fourth-order valence-electron chi connectivity index (χ4n) is 2.46. The van der Waals surface area contributed by atoms with Gasteiger partial charge in [0, 0.05) is 25.2 Å². The quantitative estimate of drug-likeness (QED) is 0.416. The van der Waals surface area contributed by atoms with E-state index in [1.807, 2.05) is 0 Å². The van der Waals surface area contributed by atoms with Crippen LogP contribution in [-0.2, 0) is 20.7 Å². The molecule has 0 aromatic heterocycles. The minimum absolute atomic E-state index is 0.120. The SMILES string of the molecule is CNC(=O)C1=CC=CN(COC(=O)NC(Cc2ccc(O)c(O)c2)C(=O)O)C1. The Morgan fingerprint density at radius 2 is 2.00 bits per heavy atom. The number of phenolic OH excluding ortho intramolecular Hbond substituents is 2. The smallest absolute Gasteiger partial charge is 0.409 e. The van der Waals surface area contributed by atoms with Crippen LogP contribution in [0.5, 0.6) is 11.5 Å². The van der Waals surface area contributed by atoms with Gasteiger partial charge in [-0.05, 0) is 23.8 Å². The first-order valence-electron chi connectivity index (χ1n) is 8.30. The molecule has 10 nitrogen and oxygen atoms in total. The van der Waals surface area contributed by atoms with Crippen LogP contribution in [0.1, 0.15) is 5.56 Å². The van der Waals surface area contributed by atoms with Crippen LogP contribution in [0.3, 0.4) is 0 Å². The third-order valence-electron chi connectivity index (χ3n) is 3.92. The number of carbonyl (C=O) groups excluding carboxylic acids is 2. The lowest BCUT2D eigenvalue weighted by Gasteiger charge is -2.24. The number of phenols is 2. The van der Waals surface area contributed by atoms with Crippen molar-refractivity contribution in [2.45, 2.75) is 12.5 Å². The van der Waals surface area contributed by atoms with Crippen LogP contribution in [0.4, 0.5) is 4.79 Å². The van der Waals surface area contributed by atoms with Crippen LogP contribution in [-0.4, -0.2) is 64.6 Å². The van der Waals surface area contributed by atoms with E-state index in [-0.39, 0.29) is 37.1 Å². The minimum atomic E-state index is -1.30. The Hall–Kier alpha value is -3.69. The van der Waals surface area contributed by atoms with E-state index in [2.05, 4.69) is 10.6 Å². The lowest BCUT2D eigenvalue weighted by atomic mass is 10.1. The van der Waals surface area contributed by atoms with Crippen molar-refractivity contribution in [3.63, 3.8) is 0 Å². The van der Waals surface area contributed by atoms with Gasteiger partial charge in [0.15, 0.2) is 18.2 Å². The van der Waals surface area contributed by atoms with E-state index in [0.717, 1.165) is 0 Å². The zero-order valence-corrected chi connectivity index (χ0v) is 15.1. The summed E-state index contributed by atoms with van der Waals surface area (Å²) >= 11 is 0. The molecule has 1 aliphatic heterocycles. The van der Waals surface area contributed by atoms with E-state index in [4.69, 9.17) is 4.74 Å². The van der Waals surface area contributed by atoms with E-state index >= 15 is 0 Å². The number of nitrogens with one attached hydrogen (secondary N) is 2. The zero-order chi connectivity index (χ0) is 20.7. The van der Waals surface area contributed by atoms with E-state index in [1.54, 1.807) is 23.3 Å². The van der Waals surface area contributed by atoms with Crippen molar-refractivity contribution in [3.8, 4) is 11.5 Å². The van der Waals surface area contributed by atoms with Gasteiger partial charge in [-0.2, -0.15) is 0 Å². The van der Waals surface area contributed by atoms with Crippen LogP contribution in [0, 0.1) is 0 Å². The van der Waals surface area contributed by atoms with E-state index in [0.29, 0.717) is 11.1 Å². The average Bonchev–Trinajstić information content (AvgIpc) is 2.68. The van der Waals surface area contributed by atoms with Crippen molar-refractivity contribution in [1.29, 1.82) is 0 Å². The number of carboxylic acid groups (broad SMARTS) is 1. The molecule has 0 aliphatic carbocycles. The van der Waals surface area contributed by atoms with Crippen molar-refractivity contribution in [1.82, 2.24) is 15.5 Å². The van der Waals surface area contributed by atoms with Crippen molar-refractivity contribution in [2.24, 2.45) is 0 Å². The fraction of sp³-hybridized carbons (Fsp3) is 0.278. The van der Waals surface area contributed by atoms with Crippen LogP contribution >= 0.6 is 0 Å². The summed E-state index contributed by atoms with van der Waals surface area (Å²) in [5.74, 6) is -2.25. The molecule has 1 aromatic rings. The van der Waals surface area contributed by atoms with Gasteiger partial charge in [0.1, 0.15) is 6.04 Å². The maximum atomic E-state index is 12.0. The highest BCUT2D eigenvalue weighted by Crippen LogP contribution is 2.25. The molecule has 0 bridgehead atoms. The Labute approximate surface area is 160 Å². The Kier molecular flexibility index (Phi) is 6.85. The normalized spacial score (nSPS) is 14.0. The summed E-state index contributed by atoms with van der Waals surface area (Å²) < 4.78 is 5.02. The van der Waals surface area contributed by atoms with Crippen molar-refractivity contribution in [3.05, 3.63) is 47.7 Å². The van der Waals surface area contributed by atoms with Crippen molar-refractivity contribution < 1.29 is 34.4 Å². The number of ether oxygens (including phenoxy) is 1. The Balaban J connectivity index is 1.88. The van der Waals surface area contributed by atoms with Crippen molar-refractivity contribution >= 4 is 18.0 Å². The molecular weight excluding hydrogens is 370 g/mol. The molecule has 0 fully saturated rings. The third kappa shape index (κ3) is 5.66. The number of hydrogen-bond acceptors (Lipinski definition) is 7. The summed E-state index contributed by atoms with van der Waals surface area (Å²) in [5, 5.41) is 32.8. The van der Waals surface area contributed by atoms with Gasteiger partial charge < -0.3 is 35.6 Å². The molecule has 10 heteroatoms. The Morgan fingerprint density at radius 1 is 1.25 bits per heavy atom. The molecule has 1 aliphatic rings. The molecule has 0 saturated carbocycles. The van der Waals surface area contributed by atoms with E-state index < -0.39 is 18.1 Å². The van der Waals surface area contributed by atoms with E-state index in [9.17, 15) is 29.7 Å². The Morgan fingerprint density at radius 3 is 2.64 bits per heavy atom. The maximum absolute atomic E-state index is 12.0. The average molecular weight is 391 g/mol. The summed E-state index contributed by atoms with van der Waals surface area (Å²) in [7, 11) is 1.51. The number of nitrogens with zero attached hydrogens (tertiary/aromatic N) is 1. The summed E-state index contributed by atoms with van der Waals surface area (Å²) in [5.41, 5.74) is 0.895. The predicted molar refractivity (Wildman–Crippen MR) is 97.4 cm³/mol. The van der Waals surface area contributed by atoms with Gasteiger partial charge in [-0.15, -0.1) is 0 Å². The summed E-state index contributed by atoms with van der Waals surface area (Å²) in [6, 6.07) is 2.57. The highest BCUT2D eigenvalue weighted by molar-refractivity contribution is 5.94. The molecule has 2 rings (SSSR count). The van der Waals surface area contributed by atoms with Gasteiger partial charge in [0.05, 0.1) is 6.54 Å². The second-order valence-electron chi connectivity index (χ2n) is 5.98. The van der Waals surface area contributed by atoms with Crippen LogP contribution in [0.25, 0.3) is 0 Å². The van der Waals surface area contributed by atoms with Crippen molar-refractivity contribution in [2.75, 3.05) is 20.3 Å². The van der Waals surface area contributed by atoms with Crippen LogP contribution < -0.4 is 10.6 Å². The Bertz CT molecular complexity index is 819. The maximum Gasteiger partial charge on any atom is 0.409 e. The molecule has 0 saturated heterocycles. The van der Waals surface area contributed by atoms with Gasteiger partial charge in [-0.1, -0.05) is 12.1 Å². The number of hydrogen-bond donors (Lipinski definition) is 5.